The van der Waals surface area contributed by atoms with E-state index < -0.39 is 0 Å². The topological polar surface area (TPSA) is 43.9 Å². The van der Waals surface area contributed by atoms with E-state index in [4.69, 9.17) is 14.4 Å². The zero-order valence-corrected chi connectivity index (χ0v) is 25.3. The van der Waals surface area contributed by atoms with Crippen LogP contribution >= 0.6 is 11.3 Å². The first-order valence-electron chi connectivity index (χ1n) is 15.5. The molecule has 0 radical (unpaired) electrons. The highest BCUT2D eigenvalue weighted by Gasteiger charge is 2.27. The molecule has 0 bridgehead atoms. The highest BCUT2D eigenvalue weighted by molar-refractivity contribution is 7.25. The number of benzene rings is 6. The predicted molar refractivity (Wildman–Crippen MR) is 190 cm³/mol. The number of fused-ring (bicyclic) bond motifs is 12. The largest absolute Gasteiger partial charge is 0.456 e. The molecule has 0 saturated heterocycles. The number of thiophene rings is 1. The third kappa shape index (κ3) is 3.27. The molecule has 11 rings (SSSR count). The fourth-order valence-corrected chi connectivity index (χ4v) is 8.72. The molecule has 0 fully saturated rings. The lowest BCUT2D eigenvalue weighted by atomic mass is 9.99. The number of hydrogen-bond acceptors (Lipinski definition) is 4. The molecule has 0 saturated carbocycles. The van der Waals surface area contributed by atoms with Gasteiger partial charge in [0.2, 0.25) is 5.95 Å². The van der Waals surface area contributed by atoms with Crippen molar-refractivity contribution in [1.29, 1.82) is 0 Å². The minimum Gasteiger partial charge on any atom is -0.456 e. The van der Waals surface area contributed by atoms with Gasteiger partial charge in [-0.3, -0.25) is 4.57 Å². The minimum atomic E-state index is 0.698. The van der Waals surface area contributed by atoms with Crippen molar-refractivity contribution < 1.29 is 4.42 Å². The molecule has 0 amide bonds. The van der Waals surface area contributed by atoms with Gasteiger partial charge in [0.1, 0.15) is 11.2 Å². The van der Waals surface area contributed by atoms with Crippen molar-refractivity contribution in [2.75, 3.05) is 0 Å². The van der Waals surface area contributed by atoms with Crippen molar-refractivity contribution in [3.05, 3.63) is 139 Å². The summed E-state index contributed by atoms with van der Waals surface area (Å²) >= 11 is 1.85. The smallest absolute Gasteiger partial charge is 0.235 e. The van der Waals surface area contributed by atoms with Gasteiger partial charge in [-0.1, -0.05) is 78.9 Å². The number of aromatic nitrogens is 3. The summed E-state index contributed by atoms with van der Waals surface area (Å²) in [6.07, 6.45) is 0.779. The molecule has 0 spiro atoms. The normalized spacial score (nSPS) is 12.7. The van der Waals surface area contributed by atoms with E-state index in [-0.39, 0.29) is 0 Å². The molecule has 6 aromatic carbocycles. The summed E-state index contributed by atoms with van der Waals surface area (Å²) in [5.74, 6) is 0.698. The zero-order chi connectivity index (χ0) is 29.9. The Bertz CT molecular complexity index is 2910. The Morgan fingerprint density at radius 2 is 1.35 bits per heavy atom. The average Bonchev–Trinajstić information content (AvgIpc) is 3.85. The minimum absolute atomic E-state index is 0.698. The fraction of sp³-hybridized carbons (Fsp3) is 0.0244. The zero-order valence-electron chi connectivity index (χ0n) is 24.5. The standard InChI is InChI=1S/C41H23N3OS/c1-2-10-25-23(9-1)20-32-39(25)40(24-17-18-36-30(19-24)27-12-4-7-15-35(27)45-36)43-41(42-32)44-33-14-6-3-11-26(33)29-22-38-31(21-34(29)44)28-13-5-8-16-37(28)46-38/h1-19,21-22H,20H2. The number of rotatable bonds is 2. The van der Waals surface area contributed by atoms with Crippen LogP contribution in [0.3, 0.4) is 0 Å². The Hall–Kier alpha value is -5.78. The monoisotopic (exact) mass is 605 g/mol. The van der Waals surface area contributed by atoms with Crippen molar-refractivity contribution in [2.45, 2.75) is 6.42 Å². The van der Waals surface area contributed by atoms with Gasteiger partial charge >= 0.3 is 0 Å². The van der Waals surface area contributed by atoms with Gasteiger partial charge in [-0.15, -0.1) is 11.3 Å². The van der Waals surface area contributed by atoms with Gasteiger partial charge < -0.3 is 4.42 Å². The first-order chi connectivity index (χ1) is 22.8. The second-order valence-electron chi connectivity index (χ2n) is 12.2. The lowest BCUT2D eigenvalue weighted by Crippen LogP contribution is -2.06. The first kappa shape index (κ1) is 24.5. The second-order valence-corrected chi connectivity index (χ2v) is 13.2. The average molecular weight is 606 g/mol. The van der Waals surface area contributed by atoms with Crippen molar-refractivity contribution in [3.8, 4) is 28.3 Å². The summed E-state index contributed by atoms with van der Waals surface area (Å²) in [7, 11) is 0. The molecule has 4 nitrogen and oxygen atoms in total. The summed E-state index contributed by atoms with van der Waals surface area (Å²) in [4.78, 5) is 10.8. The van der Waals surface area contributed by atoms with Gasteiger partial charge in [-0.25, -0.2) is 9.97 Å². The van der Waals surface area contributed by atoms with E-state index in [2.05, 4.69) is 120 Å². The maximum Gasteiger partial charge on any atom is 0.235 e. The number of furan rings is 1. The van der Waals surface area contributed by atoms with Crippen LogP contribution in [0, 0.1) is 0 Å². The molecule has 0 atom stereocenters. The molecule has 4 heterocycles. The molecule has 0 unspecified atom stereocenters. The van der Waals surface area contributed by atoms with Gasteiger partial charge in [0.05, 0.1) is 22.4 Å². The number of nitrogens with zero attached hydrogens (tertiary/aromatic N) is 3. The van der Waals surface area contributed by atoms with Crippen LogP contribution in [-0.4, -0.2) is 14.5 Å². The maximum atomic E-state index is 6.19. The molecule has 0 aliphatic heterocycles. The van der Waals surface area contributed by atoms with E-state index in [1.807, 2.05) is 23.5 Å². The quantitative estimate of drug-likeness (QED) is 0.197. The molecule has 214 valence electrons. The van der Waals surface area contributed by atoms with Crippen LogP contribution in [0.25, 0.3) is 92.2 Å². The summed E-state index contributed by atoms with van der Waals surface area (Å²) < 4.78 is 11.1. The third-order valence-corrected chi connectivity index (χ3v) is 10.8. The second kappa shape index (κ2) is 8.90. The van der Waals surface area contributed by atoms with Gasteiger partial charge in [0.25, 0.3) is 0 Å². The summed E-state index contributed by atoms with van der Waals surface area (Å²) in [6.45, 7) is 0. The molecular formula is C41H23N3OS. The molecule has 4 aromatic heterocycles. The van der Waals surface area contributed by atoms with Crippen LogP contribution in [0.1, 0.15) is 11.3 Å². The Labute approximate surface area is 266 Å². The Kier molecular flexibility index (Phi) is 4.75. The summed E-state index contributed by atoms with van der Waals surface area (Å²) in [5, 5.41) is 7.18. The van der Waals surface area contributed by atoms with Crippen molar-refractivity contribution in [2.24, 2.45) is 0 Å². The van der Waals surface area contributed by atoms with Crippen molar-refractivity contribution in [1.82, 2.24) is 14.5 Å². The summed E-state index contributed by atoms with van der Waals surface area (Å²) in [6, 6.07) is 45.4. The predicted octanol–water partition coefficient (Wildman–Crippen LogP) is 11.1. The van der Waals surface area contributed by atoms with Crippen LogP contribution < -0.4 is 0 Å². The van der Waals surface area contributed by atoms with E-state index >= 15 is 0 Å². The van der Waals surface area contributed by atoms with E-state index in [1.165, 1.54) is 42.1 Å². The third-order valence-electron chi connectivity index (χ3n) is 9.64. The number of hydrogen-bond donors (Lipinski definition) is 0. The van der Waals surface area contributed by atoms with Gasteiger partial charge in [-0.05, 0) is 59.7 Å². The van der Waals surface area contributed by atoms with Gasteiger partial charge in [0.15, 0.2) is 0 Å². The molecule has 1 aliphatic carbocycles. The van der Waals surface area contributed by atoms with Crippen molar-refractivity contribution in [3.63, 3.8) is 0 Å². The van der Waals surface area contributed by atoms with Crippen LogP contribution in [-0.2, 0) is 6.42 Å². The Morgan fingerprint density at radius 3 is 2.30 bits per heavy atom. The van der Waals surface area contributed by atoms with Crippen LogP contribution in [0.2, 0.25) is 0 Å². The maximum absolute atomic E-state index is 6.19. The first-order valence-corrected chi connectivity index (χ1v) is 16.4. The molecule has 10 aromatic rings. The SMILES string of the molecule is c1ccc2c(c1)Cc1nc(-n3c4ccccc4c4cc5sc6ccccc6c5cc43)nc(-c3ccc4oc5ccccc5c4c3)c1-2. The van der Waals surface area contributed by atoms with Crippen LogP contribution in [0.4, 0.5) is 0 Å². The number of para-hydroxylation sites is 2. The molecular weight excluding hydrogens is 583 g/mol. The molecule has 0 N–H and O–H groups in total. The van der Waals surface area contributed by atoms with Gasteiger partial charge in [-0.2, -0.15) is 0 Å². The highest BCUT2D eigenvalue weighted by atomic mass is 32.1. The lowest BCUT2D eigenvalue weighted by Gasteiger charge is -2.13. The Balaban J connectivity index is 1.24. The Morgan fingerprint density at radius 1 is 0.565 bits per heavy atom. The summed E-state index contributed by atoms with van der Waals surface area (Å²) in [5.41, 5.74) is 10.7. The van der Waals surface area contributed by atoms with E-state index in [9.17, 15) is 0 Å². The highest BCUT2D eigenvalue weighted by Crippen LogP contribution is 2.45. The lowest BCUT2D eigenvalue weighted by molar-refractivity contribution is 0.669. The molecule has 1 aliphatic rings. The van der Waals surface area contributed by atoms with Crippen LogP contribution in [0.5, 0.6) is 0 Å². The van der Waals surface area contributed by atoms with E-state index in [1.54, 1.807) is 0 Å². The molecule has 46 heavy (non-hydrogen) atoms. The van der Waals surface area contributed by atoms with Crippen molar-refractivity contribution >= 4 is 75.3 Å². The fourth-order valence-electron chi connectivity index (χ4n) is 7.59. The molecule has 5 heteroatoms. The van der Waals surface area contributed by atoms with Crippen LogP contribution in [0.15, 0.2) is 132 Å². The van der Waals surface area contributed by atoms with E-state index in [0.717, 1.165) is 61.9 Å². The van der Waals surface area contributed by atoms with Gasteiger partial charge in [0, 0.05) is 59.3 Å². The van der Waals surface area contributed by atoms with E-state index in [0.29, 0.717) is 5.95 Å².